The Hall–Kier alpha value is -3.85. The van der Waals surface area contributed by atoms with Crippen LogP contribution in [-0.2, 0) is 7.05 Å². The number of hydrogen-bond acceptors (Lipinski definition) is 6. The van der Waals surface area contributed by atoms with Crippen LogP contribution in [0.5, 0.6) is 0 Å². The van der Waals surface area contributed by atoms with E-state index in [1.54, 1.807) is 28.4 Å². The second-order valence-corrected chi connectivity index (χ2v) is 7.64. The minimum atomic E-state index is 0.638. The maximum atomic E-state index is 4.81. The molecule has 0 aliphatic heterocycles. The number of nitrogens with one attached hydrogen (secondary N) is 2. The van der Waals surface area contributed by atoms with Gasteiger partial charge >= 0.3 is 0 Å². The normalized spacial score (nSPS) is 11.6. The standard InChI is InChI=1S/C20H14N8S/c1-28-10-11(9-22-28)13-4-5-14-17(23-13)18(27-26-14)20-24-16-12(15-3-2-8-29-15)6-7-21-19(16)25-20/h2-10H,1H3,(H,26,27)(H,21,24,25). The van der Waals surface area contributed by atoms with Crippen molar-refractivity contribution in [2.24, 2.45) is 7.05 Å². The number of aromatic amines is 2. The Kier molecular flexibility index (Phi) is 3.38. The molecule has 0 spiro atoms. The summed E-state index contributed by atoms with van der Waals surface area (Å²) in [5.41, 5.74) is 6.68. The third-order valence-electron chi connectivity index (χ3n) is 4.81. The van der Waals surface area contributed by atoms with Crippen LogP contribution < -0.4 is 0 Å². The molecule has 8 nitrogen and oxygen atoms in total. The Morgan fingerprint density at radius 3 is 2.90 bits per heavy atom. The van der Waals surface area contributed by atoms with E-state index in [9.17, 15) is 0 Å². The van der Waals surface area contributed by atoms with E-state index in [0.717, 1.165) is 38.2 Å². The van der Waals surface area contributed by atoms with Crippen LogP contribution >= 0.6 is 11.3 Å². The van der Waals surface area contributed by atoms with Gasteiger partial charge in [-0.2, -0.15) is 10.2 Å². The zero-order valence-corrected chi connectivity index (χ0v) is 16.1. The smallest absolute Gasteiger partial charge is 0.178 e. The molecule has 6 aromatic heterocycles. The summed E-state index contributed by atoms with van der Waals surface area (Å²) in [6, 6.07) is 10.0. The van der Waals surface area contributed by atoms with Crippen molar-refractivity contribution in [1.82, 2.24) is 39.9 Å². The van der Waals surface area contributed by atoms with Crippen molar-refractivity contribution in [3.8, 4) is 33.2 Å². The van der Waals surface area contributed by atoms with Crippen molar-refractivity contribution in [1.29, 1.82) is 0 Å². The predicted molar refractivity (Wildman–Crippen MR) is 112 cm³/mol. The highest BCUT2D eigenvalue weighted by atomic mass is 32.1. The number of aryl methyl sites for hydroxylation is 1. The number of thiophene rings is 1. The molecule has 140 valence electrons. The Balaban J connectivity index is 1.53. The molecular formula is C20H14N8S. The number of imidazole rings is 1. The van der Waals surface area contributed by atoms with Crippen molar-refractivity contribution in [2.45, 2.75) is 0 Å². The van der Waals surface area contributed by atoms with Crippen molar-refractivity contribution >= 4 is 33.5 Å². The lowest BCUT2D eigenvalue weighted by Gasteiger charge is -1.98. The van der Waals surface area contributed by atoms with Gasteiger partial charge in [-0.25, -0.2) is 15.0 Å². The molecule has 0 fully saturated rings. The number of nitrogens with zero attached hydrogens (tertiary/aromatic N) is 6. The maximum Gasteiger partial charge on any atom is 0.178 e. The number of fused-ring (bicyclic) bond motifs is 2. The van der Waals surface area contributed by atoms with Crippen LogP contribution in [0.2, 0.25) is 0 Å². The van der Waals surface area contributed by atoms with Crippen molar-refractivity contribution in [3.05, 3.63) is 54.3 Å². The molecule has 9 heteroatoms. The summed E-state index contributed by atoms with van der Waals surface area (Å²) in [5, 5.41) is 13.8. The SMILES string of the molecule is Cn1cc(-c2ccc3[nH]nc(-c4nc5nccc(-c6cccs6)c5[nH]4)c3n2)cn1. The van der Waals surface area contributed by atoms with Gasteiger partial charge in [-0.3, -0.25) is 9.78 Å². The van der Waals surface area contributed by atoms with Crippen LogP contribution in [0.3, 0.4) is 0 Å². The molecule has 2 N–H and O–H groups in total. The molecule has 0 aromatic carbocycles. The molecule has 0 saturated carbocycles. The maximum absolute atomic E-state index is 4.81. The molecule has 0 bridgehead atoms. The number of H-pyrrole nitrogens is 2. The van der Waals surface area contributed by atoms with Crippen LogP contribution in [0.15, 0.2) is 54.3 Å². The van der Waals surface area contributed by atoms with E-state index in [1.165, 1.54) is 0 Å². The fraction of sp³-hybridized carbons (Fsp3) is 0.0500. The minimum Gasteiger partial charge on any atom is -0.335 e. The molecule has 0 amide bonds. The van der Waals surface area contributed by atoms with Gasteiger partial charge in [0.25, 0.3) is 0 Å². The first-order chi connectivity index (χ1) is 14.3. The highest BCUT2D eigenvalue weighted by Crippen LogP contribution is 2.32. The Morgan fingerprint density at radius 1 is 1.10 bits per heavy atom. The molecule has 0 atom stereocenters. The quantitative estimate of drug-likeness (QED) is 0.469. The summed E-state index contributed by atoms with van der Waals surface area (Å²) in [6.07, 6.45) is 5.52. The first-order valence-corrected chi connectivity index (χ1v) is 9.87. The first-order valence-electron chi connectivity index (χ1n) is 8.99. The van der Waals surface area contributed by atoms with Gasteiger partial charge < -0.3 is 4.98 Å². The van der Waals surface area contributed by atoms with Crippen LogP contribution in [0, 0.1) is 0 Å². The number of rotatable bonds is 3. The minimum absolute atomic E-state index is 0.638. The molecule has 29 heavy (non-hydrogen) atoms. The zero-order chi connectivity index (χ0) is 19.4. The van der Waals surface area contributed by atoms with Gasteiger partial charge in [0.15, 0.2) is 17.2 Å². The van der Waals surface area contributed by atoms with Gasteiger partial charge in [0.1, 0.15) is 5.52 Å². The van der Waals surface area contributed by atoms with E-state index in [1.807, 2.05) is 37.5 Å². The third-order valence-corrected chi connectivity index (χ3v) is 5.71. The van der Waals surface area contributed by atoms with Gasteiger partial charge in [0, 0.05) is 35.4 Å². The molecule has 6 heterocycles. The lowest BCUT2D eigenvalue weighted by atomic mass is 10.2. The van der Waals surface area contributed by atoms with Gasteiger partial charge in [-0.05, 0) is 29.6 Å². The molecule has 0 saturated heterocycles. The summed E-state index contributed by atoms with van der Waals surface area (Å²) in [4.78, 5) is 18.5. The lowest BCUT2D eigenvalue weighted by molar-refractivity contribution is 0.768. The lowest BCUT2D eigenvalue weighted by Crippen LogP contribution is -1.87. The van der Waals surface area contributed by atoms with Crippen LogP contribution in [0.25, 0.3) is 55.4 Å². The highest BCUT2D eigenvalue weighted by Gasteiger charge is 2.17. The van der Waals surface area contributed by atoms with Crippen molar-refractivity contribution < 1.29 is 0 Å². The van der Waals surface area contributed by atoms with Crippen molar-refractivity contribution in [2.75, 3.05) is 0 Å². The van der Waals surface area contributed by atoms with Crippen LogP contribution in [-0.4, -0.2) is 39.9 Å². The summed E-state index contributed by atoms with van der Waals surface area (Å²) >= 11 is 1.68. The van der Waals surface area contributed by atoms with E-state index in [-0.39, 0.29) is 0 Å². The second-order valence-electron chi connectivity index (χ2n) is 6.69. The van der Waals surface area contributed by atoms with E-state index >= 15 is 0 Å². The zero-order valence-electron chi connectivity index (χ0n) is 15.3. The Morgan fingerprint density at radius 2 is 2.07 bits per heavy atom. The summed E-state index contributed by atoms with van der Waals surface area (Å²) < 4.78 is 1.76. The predicted octanol–water partition coefficient (Wildman–Crippen LogP) is 4.03. The highest BCUT2D eigenvalue weighted by molar-refractivity contribution is 7.13. The van der Waals surface area contributed by atoms with Gasteiger partial charge in [0.2, 0.25) is 0 Å². The average Bonchev–Trinajstić information content (AvgIpc) is 3.51. The molecule has 0 radical (unpaired) electrons. The Labute approximate surface area is 168 Å². The fourth-order valence-electron chi connectivity index (χ4n) is 3.44. The van der Waals surface area contributed by atoms with E-state index in [0.29, 0.717) is 17.2 Å². The van der Waals surface area contributed by atoms with Gasteiger partial charge in [-0.15, -0.1) is 11.3 Å². The number of hydrogen-bond donors (Lipinski definition) is 2. The monoisotopic (exact) mass is 398 g/mol. The van der Waals surface area contributed by atoms with Crippen molar-refractivity contribution in [3.63, 3.8) is 0 Å². The average molecular weight is 398 g/mol. The molecule has 6 aromatic rings. The molecule has 6 rings (SSSR count). The van der Waals surface area contributed by atoms with E-state index in [2.05, 4.69) is 41.7 Å². The van der Waals surface area contributed by atoms with E-state index in [4.69, 9.17) is 4.98 Å². The first kappa shape index (κ1) is 16.1. The Bertz CT molecular complexity index is 1470. The second kappa shape index (κ2) is 6.08. The molecule has 0 unspecified atom stereocenters. The summed E-state index contributed by atoms with van der Waals surface area (Å²) in [6.45, 7) is 0. The van der Waals surface area contributed by atoms with Gasteiger partial charge in [-0.1, -0.05) is 6.07 Å². The van der Waals surface area contributed by atoms with Crippen LogP contribution in [0.1, 0.15) is 0 Å². The summed E-state index contributed by atoms with van der Waals surface area (Å²) in [7, 11) is 1.89. The number of pyridine rings is 2. The molecule has 0 aliphatic rings. The van der Waals surface area contributed by atoms with Crippen LogP contribution in [0.4, 0.5) is 0 Å². The topological polar surface area (TPSA) is 101 Å². The fourth-order valence-corrected chi connectivity index (χ4v) is 4.20. The third kappa shape index (κ3) is 2.55. The molecule has 0 aliphatic carbocycles. The summed E-state index contributed by atoms with van der Waals surface area (Å²) in [5.74, 6) is 0.638. The number of aromatic nitrogens is 8. The molecular weight excluding hydrogens is 384 g/mol. The largest absolute Gasteiger partial charge is 0.335 e. The van der Waals surface area contributed by atoms with E-state index < -0.39 is 0 Å². The van der Waals surface area contributed by atoms with Gasteiger partial charge in [0.05, 0.1) is 22.9 Å².